The highest BCUT2D eigenvalue weighted by atomic mass is 16.8. The minimum absolute atomic E-state index is 0.0620. The van der Waals surface area contributed by atoms with Crippen molar-refractivity contribution in [2.75, 3.05) is 6.54 Å². The monoisotopic (exact) mass is 1110 g/mol. The zero-order chi connectivity index (χ0) is 56.8. The predicted octanol–water partition coefficient (Wildman–Crippen LogP) is 2.78. The van der Waals surface area contributed by atoms with Crippen LogP contribution in [-0.4, -0.2) is 172 Å². The maximum atomic E-state index is 13.9. The van der Waals surface area contributed by atoms with Crippen molar-refractivity contribution in [3.05, 3.63) is 108 Å². The molecule has 1 saturated carbocycles. The molecule has 0 aromatic heterocycles. The van der Waals surface area contributed by atoms with Gasteiger partial charge in [-0.25, -0.2) is 14.4 Å². The molecule has 4 aliphatic rings. The molecule has 7 rings (SSSR count). The van der Waals surface area contributed by atoms with Gasteiger partial charge in [0, 0.05) is 12.5 Å². The minimum Gasteiger partial charge on any atom is -0.445 e. The molecule has 3 aromatic rings. The second-order valence-electron chi connectivity index (χ2n) is 20.6. The van der Waals surface area contributed by atoms with E-state index in [-0.39, 0.29) is 58.5 Å². The average molecular weight is 1110 g/mol. The van der Waals surface area contributed by atoms with Crippen LogP contribution in [0.1, 0.15) is 83.4 Å². The number of carbonyl (C=O) groups is 4. The topological polar surface area (TPSA) is 321 Å². The number of aliphatic hydroxyl groups is 6. The summed E-state index contributed by atoms with van der Waals surface area (Å²) in [6, 6.07) is 23.1. The Balaban J connectivity index is 1.09. The fourth-order valence-corrected chi connectivity index (χ4v) is 10.2. The van der Waals surface area contributed by atoms with E-state index in [2.05, 4.69) is 21.3 Å². The van der Waals surface area contributed by atoms with E-state index in [0.29, 0.717) is 11.1 Å². The SMILES string of the molecule is CC[C@@H]1O[C@H](O[C@H]2[C@@H](O)[C@H](O[C@@H]3[C@@H](O)[C@H](NC(=O)[C@@H](C)CCNC(=O)OCc4ccccc4)C[C@H](C)[C@H]3O[C@H]3O[C@H](CC)[C@@H](O)[C@H](O)[C@H]3NC(=O)OCc3ccccc3)O[C@@H]2CC)[C@H](NC(=O)OCc2ccccc2)[C@@H](O)[C@@H]1O. The fourth-order valence-electron chi connectivity index (χ4n) is 10.2. The van der Waals surface area contributed by atoms with E-state index in [4.69, 9.17) is 42.6 Å². The lowest BCUT2D eigenvalue weighted by molar-refractivity contribution is -0.315. The first-order valence-electron chi connectivity index (χ1n) is 27.2. The van der Waals surface area contributed by atoms with Crippen LogP contribution in [-0.2, 0) is 67.2 Å². The number of hydrogen-bond donors (Lipinski definition) is 10. The molecule has 23 heteroatoms. The summed E-state index contributed by atoms with van der Waals surface area (Å²) >= 11 is 0. The minimum atomic E-state index is -1.66. The van der Waals surface area contributed by atoms with Crippen molar-refractivity contribution in [2.24, 2.45) is 11.8 Å². The third-order valence-corrected chi connectivity index (χ3v) is 14.9. The van der Waals surface area contributed by atoms with E-state index < -0.39 is 146 Å². The number of amides is 4. The molecule has 0 radical (unpaired) electrons. The molecule has 3 heterocycles. The Kier molecular flexibility index (Phi) is 22.6. The third kappa shape index (κ3) is 16.1. The summed E-state index contributed by atoms with van der Waals surface area (Å²) in [6.07, 6.45) is -22.4. The van der Waals surface area contributed by atoms with Crippen molar-refractivity contribution in [1.82, 2.24) is 21.3 Å². The molecule has 3 aliphatic heterocycles. The Morgan fingerprint density at radius 2 is 0.937 bits per heavy atom. The molecule has 20 atom stereocenters. The summed E-state index contributed by atoms with van der Waals surface area (Å²) in [5, 5.41) is 80.3. The van der Waals surface area contributed by atoms with Gasteiger partial charge in [0.25, 0.3) is 0 Å². The Morgan fingerprint density at radius 1 is 0.519 bits per heavy atom. The first-order chi connectivity index (χ1) is 38.0. The molecular weight excluding hydrogens is 1030 g/mol. The Morgan fingerprint density at radius 3 is 1.39 bits per heavy atom. The number of alkyl carbamates (subject to hydrolysis) is 3. The van der Waals surface area contributed by atoms with Crippen LogP contribution < -0.4 is 21.3 Å². The molecule has 0 unspecified atom stereocenters. The van der Waals surface area contributed by atoms with E-state index in [9.17, 15) is 49.8 Å². The summed E-state index contributed by atoms with van der Waals surface area (Å²) in [5.41, 5.74) is 2.19. The van der Waals surface area contributed by atoms with Crippen LogP contribution in [0.5, 0.6) is 0 Å². The summed E-state index contributed by atoms with van der Waals surface area (Å²) in [6.45, 7) is 8.56. The lowest BCUT2D eigenvalue weighted by atomic mass is 9.79. The number of ether oxygens (including phenoxy) is 9. The van der Waals surface area contributed by atoms with Gasteiger partial charge in [0.1, 0.15) is 80.7 Å². The standard InChI is InChI=1S/C56H78N4O19/c1-6-36-42(62)44(64)39(59-55(69)72-28-33-20-14-10-15-21-33)51(74-36)77-47-31(5)26-35(58-50(67)30(4)24-25-57-54(68)71-27-32-18-12-9-13-19-32)41(61)49(47)79-53-46(66)48(38(8-3)76-53)78-52-40(45(65)43(63)37(7-2)75-52)60-56(70)73-29-34-22-16-11-17-23-34/h9-23,30-31,35-49,51-53,61-66H,6-8,24-29H2,1-5H3,(H,57,68)(H,58,67)(H,59,69)(H,60,70)/t30-,31-,35+,36+,37-,38+,39+,40+,41-,42+,43+,44+,45+,46+,47+,48+,49+,51+,52+,53-/m0/s1. The largest absolute Gasteiger partial charge is 0.445 e. The zero-order valence-corrected chi connectivity index (χ0v) is 45.1. The second kappa shape index (κ2) is 29.3. The van der Waals surface area contributed by atoms with Crippen LogP contribution in [0.2, 0.25) is 0 Å². The normalized spacial score (nSPS) is 33.9. The number of aliphatic hydroxyl groups excluding tert-OH is 6. The molecule has 3 aromatic carbocycles. The number of nitrogens with one attached hydrogen (secondary N) is 4. The van der Waals surface area contributed by atoms with Gasteiger partial charge in [-0.3, -0.25) is 4.79 Å². The first kappa shape index (κ1) is 61.1. The van der Waals surface area contributed by atoms with Crippen LogP contribution in [0, 0.1) is 11.8 Å². The van der Waals surface area contributed by atoms with Crippen molar-refractivity contribution in [3.8, 4) is 0 Å². The third-order valence-electron chi connectivity index (χ3n) is 14.9. The van der Waals surface area contributed by atoms with Gasteiger partial charge in [0.2, 0.25) is 5.91 Å². The highest BCUT2D eigenvalue weighted by Crippen LogP contribution is 2.38. The van der Waals surface area contributed by atoms with Crippen LogP contribution in [0.4, 0.5) is 14.4 Å². The predicted molar refractivity (Wildman–Crippen MR) is 279 cm³/mol. The van der Waals surface area contributed by atoms with Gasteiger partial charge >= 0.3 is 18.3 Å². The highest BCUT2D eigenvalue weighted by Gasteiger charge is 2.55. The fraction of sp³-hybridized carbons (Fsp3) is 0.607. The van der Waals surface area contributed by atoms with Gasteiger partial charge in [-0.2, -0.15) is 0 Å². The van der Waals surface area contributed by atoms with Gasteiger partial charge in [0.05, 0.1) is 30.5 Å². The van der Waals surface area contributed by atoms with Crippen molar-refractivity contribution in [1.29, 1.82) is 0 Å². The smallest absolute Gasteiger partial charge is 0.407 e. The lowest BCUT2D eigenvalue weighted by Crippen LogP contribution is -2.67. The van der Waals surface area contributed by atoms with Gasteiger partial charge in [-0.05, 0) is 54.7 Å². The maximum Gasteiger partial charge on any atom is 0.407 e. The highest BCUT2D eigenvalue weighted by molar-refractivity contribution is 5.78. The van der Waals surface area contributed by atoms with Gasteiger partial charge in [-0.1, -0.05) is 126 Å². The number of hydrogen-bond acceptors (Lipinski definition) is 19. The second-order valence-corrected chi connectivity index (χ2v) is 20.6. The lowest BCUT2D eigenvalue weighted by Gasteiger charge is -2.48. The van der Waals surface area contributed by atoms with Crippen LogP contribution in [0.3, 0.4) is 0 Å². The van der Waals surface area contributed by atoms with E-state index in [1.807, 2.05) is 42.5 Å². The zero-order valence-electron chi connectivity index (χ0n) is 45.1. The van der Waals surface area contributed by atoms with E-state index in [1.165, 1.54) is 0 Å². The van der Waals surface area contributed by atoms with Crippen LogP contribution in [0.15, 0.2) is 91.0 Å². The molecule has 0 spiro atoms. The molecular formula is C56H78N4O19. The van der Waals surface area contributed by atoms with Crippen LogP contribution >= 0.6 is 0 Å². The maximum absolute atomic E-state index is 13.9. The summed E-state index contributed by atoms with van der Waals surface area (Å²) < 4.78 is 54.5. The van der Waals surface area contributed by atoms with Crippen molar-refractivity contribution in [2.45, 2.75) is 197 Å². The Hall–Kier alpha value is -5.54. The molecule has 79 heavy (non-hydrogen) atoms. The van der Waals surface area contributed by atoms with Crippen molar-refractivity contribution in [3.63, 3.8) is 0 Å². The molecule has 23 nitrogen and oxygen atoms in total. The van der Waals surface area contributed by atoms with Crippen molar-refractivity contribution >= 4 is 24.2 Å². The summed E-state index contributed by atoms with van der Waals surface area (Å²) in [4.78, 5) is 52.8. The van der Waals surface area contributed by atoms with Crippen LogP contribution in [0.25, 0.3) is 0 Å². The van der Waals surface area contributed by atoms with Gasteiger partial charge in [-0.15, -0.1) is 0 Å². The molecule has 3 saturated heterocycles. The summed E-state index contributed by atoms with van der Waals surface area (Å²) in [7, 11) is 0. The van der Waals surface area contributed by atoms with Gasteiger partial charge < -0.3 is 94.5 Å². The summed E-state index contributed by atoms with van der Waals surface area (Å²) in [5.74, 6) is -1.75. The number of rotatable bonds is 22. The molecule has 10 N–H and O–H groups in total. The average Bonchev–Trinajstić information content (AvgIpc) is 3.81. The van der Waals surface area contributed by atoms with E-state index >= 15 is 0 Å². The Labute approximate surface area is 459 Å². The van der Waals surface area contributed by atoms with Crippen molar-refractivity contribution < 1.29 is 92.4 Å². The van der Waals surface area contributed by atoms with Gasteiger partial charge in [0.15, 0.2) is 18.9 Å². The molecule has 1 aliphatic carbocycles. The first-order valence-corrected chi connectivity index (χ1v) is 27.2. The Bertz CT molecular complexity index is 2360. The molecule has 4 amide bonds. The van der Waals surface area contributed by atoms with E-state index in [1.54, 1.807) is 83.1 Å². The quantitative estimate of drug-likeness (QED) is 0.0647. The molecule has 4 fully saturated rings. The van der Waals surface area contributed by atoms with E-state index in [0.717, 1.165) is 5.56 Å². The number of benzene rings is 3. The number of carbonyl (C=O) groups excluding carboxylic acids is 4. The molecule has 0 bridgehead atoms. The molecule has 436 valence electrons.